The van der Waals surface area contributed by atoms with Crippen molar-refractivity contribution >= 4 is 23.3 Å². The lowest BCUT2D eigenvalue weighted by Crippen LogP contribution is -2.18. The zero-order chi connectivity index (χ0) is 21.6. The van der Waals surface area contributed by atoms with E-state index in [-0.39, 0.29) is 6.04 Å². The highest BCUT2D eigenvalue weighted by Crippen LogP contribution is 2.36. The van der Waals surface area contributed by atoms with Gasteiger partial charge < -0.3 is 0 Å². The largest absolute Gasteiger partial charge is 0.279 e. The van der Waals surface area contributed by atoms with Crippen LogP contribution in [0.4, 0.5) is 11.4 Å². The standard InChI is InChI=1S/C28H24N4/c1-4-10-23(11-5-1)27-20-28(24-12-6-2-7-13-24)32(31-27)26-18-16-22(17-19-26)21-29-30-25-14-8-3-9-15-25/h1-19,21,28,30H,20H2. The van der Waals surface area contributed by atoms with Crippen molar-refractivity contribution in [3.05, 3.63) is 132 Å². The fourth-order valence-corrected chi connectivity index (χ4v) is 3.90. The van der Waals surface area contributed by atoms with Gasteiger partial charge in [-0.15, -0.1) is 0 Å². The average Bonchev–Trinajstić information content (AvgIpc) is 3.32. The first kappa shape index (κ1) is 19.8. The molecule has 5 rings (SSSR count). The van der Waals surface area contributed by atoms with Gasteiger partial charge in [-0.05, 0) is 41.0 Å². The Kier molecular flexibility index (Phi) is 5.75. The molecular formula is C28H24N4. The van der Waals surface area contributed by atoms with Crippen molar-refractivity contribution in [3.8, 4) is 0 Å². The number of rotatable bonds is 6. The van der Waals surface area contributed by atoms with Crippen LogP contribution in [0.25, 0.3) is 0 Å². The molecule has 1 heterocycles. The summed E-state index contributed by atoms with van der Waals surface area (Å²) < 4.78 is 0. The molecule has 1 unspecified atom stereocenters. The van der Waals surface area contributed by atoms with E-state index in [1.165, 1.54) is 11.1 Å². The van der Waals surface area contributed by atoms with E-state index in [1.54, 1.807) is 0 Å². The van der Waals surface area contributed by atoms with E-state index < -0.39 is 0 Å². The first-order valence-electron chi connectivity index (χ1n) is 10.8. The second-order valence-electron chi connectivity index (χ2n) is 7.72. The van der Waals surface area contributed by atoms with Crippen molar-refractivity contribution < 1.29 is 0 Å². The summed E-state index contributed by atoms with van der Waals surface area (Å²) in [6.45, 7) is 0. The van der Waals surface area contributed by atoms with Crippen LogP contribution < -0.4 is 10.4 Å². The Morgan fingerprint density at radius 2 is 1.38 bits per heavy atom. The van der Waals surface area contributed by atoms with E-state index >= 15 is 0 Å². The zero-order valence-electron chi connectivity index (χ0n) is 17.7. The van der Waals surface area contributed by atoms with Crippen molar-refractivity contribution in [2.24, 2.45) is 10.2 Å². The summed E-state index contributed by atoms with van der Waals surface area (Å²) in [7, 11) is 0. The Hall–Kier alpha value is -4.18. The third-order valence-corrected chi connectivity index (χ3v) is 5.54. The van der Waals surface area contributed by atoms with Gasteiger partial charge >= 0.3 is 0 Å². The van der Waals surface area contributed by atoms with E-state index in [2.05, 4.69) is 94.4 Å². The molecule has 0 spiro atoms. The molecule has 0 aromatic heterocycles. The number of hydrogen-bond acceptors (Lipinski definition) is 4. The first-order chi connectivity index (χ1) is 15.9. The molecule has 156 valence electrons. The summed E-state index contributed by atoms with van der Waals surface area (Å²) in [6.07, 6.45) is 2.70. The van der Waals surface area contributed by atoms with Gasteiger partial charge in [0, 0.05) is 6.42 Å². The number of hydrogen-bond donors (Lipinski definition) is 1. The lowest BCUT2D eigenvalue weighted by molar-refractivity contribution is 0.709. The first-order valence-corrected chi connectivity index (χ1v) is 10.8. The fraction of sp³-hybridized carbons (Fsp3) is 0.0714. The summed E-state index contributed by atoms with van der Waals surface area (Å²) in [5, 5.41) is 11.5. The van der Waals surface area contributed by atoms with Gasteiger partial charge in [-0.1, -0.05) is 91.0 Å². The van der Waals surface area contributed by atoms with E-state index in [0.29, 0.717) is 0 Å². The molecule has 32 heavy (non-hydrogen) atoms. The molecule has 0 saturated heterocycles. The van der Waals surface area contributed by atoms with Crippen LogP contribution in [0, 0.1) is 0 Å². The number of para-hydroxylation sites is 1. The molecule has 4 nitrogen and oxygen atoms in total. The van der Waals surface area contributed by atoms with Crippen molar-refractivity contribution in [3.63, 3.8) is 0 Å². The number of nitrogens with one attached hydrogen (secondary N) is 1. The number of anilines is 2. The Morgan fingerprint density at radius 3 is 2.06 bits per heavy atom. The maximum Gasteiger partial charge on any atom is 0.0831 e. The third-order valence-electron chi connectivity index (χ3n) is 5.54. The van der Waals surface area contributed by atoms with Gasteiger partial charge in [0.1, 0.15) is 0 Å². The summed E-state index contributed by atoms with van der Waals surface area (Å²) in [5.41, 5.74) is 9.66. The van der Waals surface area contributed by atoms with Gasteiger partial charge in [-0.3, -0.25) is 10.4 Å². The van der Waals surface area contributed by atoms with E-state index in [9.17, 15) is 0 Å². The minimum absolute atomic E-state index is 0.172. The Balaban J connectivity index is 1.38. The minimum atomic E-state index is 0.172. The van der Waals surface area contributed by atoms with Crippen LogP contribution in [0.1, 0.15) is 29.2 Å². The van der Waals surface area contributed by atoms with Crippen molar-refractivity contribution in [1.29, 1.82) is 0 Å². The number of nitrogens with zero attached hydrogens (tertiary/aromatic N) is 3. The van der Waals surface area contributed by atoms with Gasteiger partial charge in [0.25, 0.3) is 0 Å². The Morgan fingerprint density at radius 1 is 0.750 bits per heavy atom. The van der Waals surface area contributed by atoms with Crippen molar-refractivity contribution in [1.82, 2.24) is 0 Å². The third kappa shape index (κ3) is 4.44. The van der Waals surface area contributed by atoms with Crippen LogP contribution in [0.2, 0.25) is 0 Å². The molecular weight excluding hydrogens is 392 g/mol. The van der Waals surface area contributed by atoms with Crippen LogP contribution in [-0.4, -0.2) is 11.9 Å². The molecule has 1 aliphatic rings. The second-order valence-corrected chi connectivity index (χ2v) is 7.72. The smallest absolute Gasteiger partial charge is 0.0831 e. The molecule has 0 saturated carbocycles. The lowest BCUT2D eigenvalue weighted by Gasteiger charge is -2.24. The predicted octanol–water partition coefficient (Wildman–Crippen LogP) is 6.49. The normalized spacial score (nSPS) is 15.7. The van der Waals surface area contributed by atoms with Gasteiger partial charge in [0.05, 0.1) is 29.3 Å². The van der Waals surface area contributed by atoms with Crippen molar-refractivity contribution in [2.45, 2.75) is 12.5 Å². The summed E-state index contributed by atoms with van der Waals surface area (Å²) in [4.78, 5) is 0. The van der Waals surface area contributed by atoms with Gasteiger partial charge in [-0.2, -0.15) is 10.2 Å². The number of hydrazone groups is 2. The van der Waals surface area contributed by atoms with E-state index in [4.69, 9.17) is 5.10 Å². The SMILES string of the molecule is C(=NNc1ccccc1)c1ccc(N2N=C(c3ccccc3)CC2c2ccccc2)cc1. The van der Waals surface area contributed by atoms with Crippen LogP contribution in [0.3, 0.4) is 0 Å². The van der Waals surface area contributed by atoms with Crippen LogP contribution >= 0.6 is 0 Å². The molecule has 4 heteroatoms. The quantitative estimate of drug-likeness (QED) is 0.288. The molecule has 4 aromatic rings. The Labute approximate surface area is 188 Å². The fourth-order valence-electron chi connectivity index (χ4n) is 3.90. The Bertz CT molecular complexity index is 1200. The lowest BCUT2D eigenvalue weighted by atomic mass is 9.98. The number of benzene rings is 4. The topological polar surface area (TPSA) is 40.0 Å². The second kappa shape index (κ2) is 9.31. The monoisotopic (exact) mass is 416 g/mol. The maximum atomic E-state index is 5.02. The molecule has 0 aliphatic carbocycles. The van der Waals surface area contributed by atoms with Gasteiger partial charge in [0.15, 0.2) is 0 Å². The van der Waals surface area contributed by atoms with Crippen LogP contribution in [0.15, 0.2) is 125 Å². The molecule has 1 atom stereocenters. The average molecular weight is 417 g/mol. The zero-order valence-corrected chi connectivity index (χ0v) is 17.7. The van der Waals surface area contributed by atoms with Gasteiger partial charge in [0.2, 0.25) is 0 Å². The maximum absolute atomic E-state index is 5.02. The summed E-state index contributed by atoms with van der Waals surface area (Å²) in [5.74, 6) is 0. The summed E-state index contributed by atoms with van der Waals surface area (Å²) >= 11 is 0. The molecule has 0 fully saturated rings. The van der Waals surface area contributed by atoms with E-state index in [0.717, 1.165) is 29.1 Å². The van der Waals surface area contributed by atoms with Crippen molar-refractivity contribution in [2.75, 3.05) is 10.4 Å². The van der Waals surface area contributed by atoms with E-state index in [1.807, 2.05) is 42.6 Å². The highest BCUT2D eigenvalue weighted by atomic mass is 15.5. The molecule has 0 radical (unpaired) electrons. The minimum Gasteiger partial charge on any atom is -0.279 e. The van der Waals surface area contributed by atoms with Crippen LogP contribution in [-0.2, 0) is 0 Å². The summed E-state index contributed by atoms with van der Waals surface area (Å²) in [6, 6.07) is 39.5. The molecule has 0 amide bonds. The molecule has 0 bridgehead atoms. The molecule has 1 aliphatic heterocycles. The molecule has 1 N–H and O–H groups in total. The molecule has 4 aromatic carbocycles. The highest BCUT2D eigenvalue weighted by molar-refractivity contribution is 6.03. The van der Waals surface area contributed by atoms with Gasteiger partial charge in [-0.25, -0.2) is 0 Å². The highest BCUT2D eigenvalue weighted by Gasteiger charge is 2.29. The van der Waals surface area contributed by atoms with Crippen LogP contribution in [0.5, 0.6) is 0 Å². The predicted molar refractivity (Wildman–Crippen MR) is 133 cm³/mol.